The number of nitriles is 1. The van der Waals surface area contributed by atoms with Gasteiger partial charge in [0.1, 0.15) is 6.04 Å². The van der Waals surface area contributed by atoms with Gasteiger partial charge in [-0.3, -0.25) is 9.59 Å². The SMILES string of the molecule is Cc1nc(NC(=O)C2CCCN2C(=O)Cc2ccccc2)sc1SCC#N. The molecule has 1 aromatic carbocycles. The van der Waals surface area contributed by atoms with Gasteiger partial charge in [-0.15, -0.1) is 0 Å². The quantitative estimate of drug-likeness (QED) is 0.753. The van der Waals surface area contributed by atoms with Gasteiger partial charge in [-0.2, -0.15) is 5.26 Å². The maximum atomic E-state index is 12.7. The number of aromatic nitrogens is 1. The number of nitrogens with zero attached hydrogens (tertiary/aromatic N) is 3. The van der Waals surface area contributed by atoms with Crippen molar-refractivity contribution in [3.63, 3.8) is 0 Å². The molecule has 1 saturated heterocycles. The van der Waals surface area contributed by atoms with Gasteiger partial charge in [0.25, 0.3) is 0 Å². The average molecular weight is 401 g/mol. The summed E-state index contributed by atoms with van der Waals surface area (Å²) >= 11 is 2.78. The predicted molar refractivity (Wildman–Crippen MR) is 107 cm³/mol. The van der Waals surface area contributed by atoms with Gasteiger partial charge in [-0.05, 0) is 25.3 Å². The Morgan fingerprint density at radius 3 is 2.93 bits per heavy atom. The largest absolute Gasteiger partial charge is 0.330 e. The van der Waals surface area contributed by atoms with Crippen LogP contribution in [0.4, 0.5) is 5.13 Å². The van der Waals surface area contributed by atoms with Crippen LogP contribution in [-0.4, -0.2) is 40.0 Å². The van der Waals surface area contributed by atoms with E-state index in [4.69, 9.17) is 5.26 Å². The van der Waals surface area contributed by atoms with E-state index < -0.39 is 6.04 Å². The highest BCUT2D eigenvalue weighted by Gasteiger charge is 2.34. The van der Waals surface area contributed by atoms with E-state index in [0.717, 1.165) is 21.9 Å². The van der Waals surface area contributed by atoms with Gasteiger partial charge in [-0.1, -0.05) is 53.4 Å². The number of thiazole rings is 1. The van der Waals surface area contributed by atoms with Crippen molar-refractivity contribution in [2.75, 3.05) is 17.6 Å². The second-order valence-corrected chi connectivity index (χ2v) is 8.48. The molecule has 0 bridgehead atoms. The number of hydrogen-bond donors (Lipinski definition) is 1. The number of amides is 2. The summed E-state index contributed by atoms with van der Waals surface area (Å²) in [5.41, 5.74) is 1.75. The third kappa shape index (κ3) is 4.87. The standard InChI is InChI=1S/C19H20N4O2S2/c1-13-18(26-11-9-20)27-19(21-13)22-17(25)15-8-5-10-23(15)16(24)12-14-6-3-2-4-7-14/h2-4,6-7,15H,5,8,10-12H2,1H3,(H,21,22,25). The van der Waals surface area contributed by atoms with Gasteiger partial charge in [0.2, 0.25) is 11.8 Å². The van der Waals surface area contributed by atoms with Gasteiger partial charge < -0.3 is 10.2 Å². The van der Waals surface area contributed by atoms with E-state index in [1.54, 1.807) is 4.90 Å². The van der Waals surface area contributed by atoms with Crippen LogP contribution < -0.4 is 5.32 Å². The van der Waals surface area contributed by atoms with Crippen LogP contribution >= 0.6 is 23.1 Å². The number of thioether (sulfide) groups is 1. The molecule has 0 aliphatic carbocycles. The highest BCUT2D eigenvalue weighted by Crippen LogP contribution is 2.32. The van der Waals surface area contributed by atoms with E-state index in [1.807, 2.05) is 37.3 Å². The topological polar surface area (TPSA) is 86.1 Å². The first-order chi connectivity index (χ1) is 13.1. The van der Waals surface area contributed by atoms with Crippen molar-refractivity contribution in [2.45, 2.75) is 36.4 Å². The van der Waals surface area contributed by atoms with Gasteiger partial charge in [-0.25, -0.2) is 4.98 Å². The minimum Gasteiger partial charge on any atom is -0.330 e. The van der Waals surface area contributed by atoms with Gasteiger partial charge >= 0.3 is 0 Å². The zero-order valence-corrected chi connectivity index (χ0v) is 16.6. The summed E-state index contributed by atoms with van der Waals surface area (Å²) in [7, 11) is 0. The van der Waals surface area contributed by atoms with Crippen LogP contribution in [0.1, 0.15) is 24.1 Å². The second kappa shape index (κ2) is 9.02. The smallest absolute Gasteiger partial charge is 0.248 e. The Morgan fingerprint density at radius 2 is 2.19 bits per heavy atom. The highest BCUT2D eigenvalue weighted by molar-refractivity contribution is 8.01. The number of carbonyl (C=O) groups is 2. The molecule has 140 valence electrons. The Labute approximate surface area is 166 Å². The molecule has 0 radical (unpaired) electrons. The summed E-state index contributed by atoms with van der Waals surface area (Å²) in [6.07, 6.45) is 1.78. The molecule has 27 heavy (non-hydrogen) atoms. The number of likely N-dealkylation sites (tertiary alicyclic amines) is 1. The summed E-state index contributed by atoms with van der Waals surface area (Å²) in [5.74, 6) is 0.125. The van der Waals surface area contributed by atoms with Crippen molar-refractivity contribution in [1.82, 2.24) is 9.88 Å². The minimum atomic E-state index is -0.458. The lowest BCUT2D eigenvalue weighted by Gasteiger charge is -2.23. The van der Waals surface area contributed by atoms with E-state index in [1.165, 1.54) is 23.1 Å². The van der Waals surface area contributed by atoms with Crippen molar-refractivity contribution < 1.29 is 9.59 Å². The van der Waals surface area contributed by atoms with E-state index in [0.29, 0.717) is 30.3 Å². The normalized spacial score (nSPS) is 16.1. The van der Waals surface area contributed by atoms with Crippen LogP contribution in [0.2, 0.25) is 0 Å². The van der Waals surface area contributed by atoms with Crippen LogP contribution in [0.25, 0.3) is 0 Å². The van der Waals surface area contributed by atoms with Crippen LogP contribution in [0.3, 0.4) is 0 Å². The van der Waals surface area contributed by atoms with Gasteiger partial charge in [0.15, 0.2) is 5.13 Å². The molecule has 0 spiro atoms. The molecular formula is C19H20N4O2S2. The van der Waals surface area contributed by atoms with Crippen molar-refractivity contribution in [3.05, 3.63) is 41.6 Å². The Morgan fingerprint density at radius 1 is 1.41 bits per heavy atom. The Hall–Kier alpha value is -2.37. The molecule has 3 rings (SSSR count). The van der Waals surface area contributed by atoms with E-state index >= 15 is 0 Å². The molecule has 2 heterocycles. The molecule has 1 aromatic heterocycles. The number of aryl methyl sites for hydroxylation is 1. The third-order valence-electron chi connectivity index (χ3n) is 4.33. The zero-order valence-electron chi connectivity index (χ0n) is 15.0. The molecular weight excluding hydrogens is 380 g/mol. The summed E-state index contributed by atoms with van der Waals surface area (Å²) in [6, 6.07) is 11.2. The number of nitrogens with one attached hydrogen (secondary N) is 1. The van der Waals surface area contributed by atoms with Gasteiger partial charge in [0.05, 0.1) is 28.1 Å². The van der Waals surface area contributed by atoms with Gasteiger partial charge in [0, 0.05) is 6.54 Å². The molecule has 2 aromatic rings. The first-order valence-electron chi connectivity index (χ1n) is 8.70. The lowest BCUT2D eigenvalue weighted by Crippen LogP contribution is -2.43. The monoisotopic (exact) mass is 400 g/mol. The van der Waals surface area contributed by atoms with Crippen molar-refractivity contribution >= 4 is 40.0 Å². The summed E-state index contributed by atoms with van der Waals surface area (Å²) in [4.78, 5) is 31.4. The Bertz CT molecular complexity index is 860. The summed E-state index contributed by atoms with van der Waals surface area (Å²) in [5, 5.41) is 12.1. The molecule has 1 fully saturated rings. The van der Waals surface area contributed by atoms with Crippen molar-refractivity contribution in [3.8, 4) is 6.07 Å². The predicted octanol–water partition coefficient (Wildman–Crippen LogP) is 3.24. The maximum Gasteiger partial charge on any atom is 0.248 e. The van der Waals surface area contributed by atoms with Crippen LogP contribution in [0.15, 0.2) is 34.5 Å². The number of carbonyl (C=O) groups excluding carboxylic acids is 2. The van der Waals surface area contributed by atoms with Crippen LogP contribution in [0.5, 0.6) is 0 Å². The second-order valence-electron chi connectivity index (χ2n) is 6.24. The van der Waals surface area contributed by atoms with Crippen LogP contribution in [0, 0.1) is 18.3 Å². The number of benzene rings is 1. The zero-order chi connectivity index (χ0) is 19.2. The summed E-state index contributed by atoms with van der Waals surface area (Å²) in [6.45, 7) is 2.46. The van der Waals surface area contributed by atoms with E-state index in [9.17, 15) is 9.59 Å². The molecule has 1 aliphatic heterocycles. The molecule has 1 N–H and O–H groups in total. The number of hydrogen-bond acceptors (Lipinski definition) is 6. The lowest BCUT2D eigenvalue weighted by molar-refractivity contribution is -0.136. The van der Waals surface area contributed by atoms with E-state index in [2.05, 4.69) is 16.4 Å². The van der Waals surface area contributed by atoms with E-state index in [-0.39, 0.29) is 11.8 Å². The molecule has 8 heteroatoms. The fourth-order valence-electron chi connectivity index (χ4n) is 3.07. The highest BCUT2D eigenvalue weighted by atomic mass is 32.2. The molecule has 1 atom stereocenters. The molecule has 1 unspecified atom stereocenters. The third-order valence-corrected chi connectivity index (χ3v) is 6.63. The van der Waals surface area contributed by atoms with Crippen LogP contribution in [-0.2, 0) is 16.0 Å². The lowest BCUT2D eigenvalue weighted by atomic mass is 10.1. The first-order valence-corrected chi connectivity index (χ1v) is 10.5. The fourth-order valence-corrected chi connectivity index (χ4v) is 4.87. The maximum absolute atomic E-state index is 12.7. The first kappa shape index (κ1) is 19.4. The fraction of sp³-hybridized carbons (Fsp3) is 0.368. The summed E-state index contributed by atoms with van der Waals surface area (Å²) < 4.78 is 0.926. The molecule has 0 saturated carbocycles. The van der Waals surface area contributed by atoms with Crippen molar-refractivity contribution in [2.24, 2.45) is 0 Å². The molecule has 1 aliphatic rings. The average Bonchev–Trinajstić information content (AvgIpc) is 3.27. The molecule has 6 nitrogen and oxygen atoms in total. The number of anilines is 1. The Kier molecular flexibility index (Phi) is 6.48. The Balaban J connectivity index is 1.63. The number of rotatable bonds is 6. The molecule has 2 amide bonds. The minimum absolute atomic E-state index is 0.0283. The van der Waals surface area contributed by atoms with Crippen molar-refractivity contribution in [1.29, 1.82) is 5.26 Å².